The lowest BCUT2D eigenvalue weighted by atomic mass is 10.0. The molecular weight excluding hydrogens is 212 g/mol. The third-order valence-corrected chi connectivity index (χ3v) is 3.20. The molecule has 92 valence electrons. The van der Waals surface area contributed by atoms with Gasteiger partial charge in [0, 0.05) is 11.3 Å². The molecule has 3 heteroatoms. The van der Waals surface area contributed by atoms with E-state index in [1.165, 1.54) is 0 Å². The van der Waals surface area contributed by atoms with Crippen molar-refractivity contribution in [2.45, 2.75) is 33.2 Å². The number of carbonyl (C=O) groups is 1. The fourth-order valence-electron chi connectivity index (χ4n) is 2.16. The van der Waals surface area contributed by atoms with Crippen molar-refractivity contribution in [3.8, 4) is 0 Å². The third-order valence-electron chi connectivity index (χ3n) is 3.20. The quantitative estimate of drug-likeness (QED) is 0.838. The van der Waals surface area contributed by atoms with E-state index in [0.717, 1.165) is 29.8 Å². The monoisotopic (exact) mass is 232 g/mol. The predicted molar refractivity (Wildman–Crippen MR) is 70.0 cm³/mol. The van der Waals surface area contributed by atoms with Gasteiger partial charge in [0.25, 0.3) is 0 Å². The van der Waals surface area contributed by atoms with Crippen LogP contribution >= 0.6 is 0 Å². The Morgan fingerprint density at radius 2 is 2.18 bits per heavy atom. The molecular formula is C14H20N2O. The van der Waals surface area contributed by atoms with Gasteiger partial charge in [-0.3, -0.25) is 4.79 Å². The maximum Gasteiger partial charge on any atom is 0.246 e. The van der Waals surface area contributed by atoms with E-state index in [4.69, 9.17) is 0 Å². The van der Waals surface area contributed by atoms with E-state index < -0.39 is 0 Å². The average molecular weight is 232 g/mol. The van der Waals surface area contributed by atoms with Crippen molar-refractivity contribution in [2.24, 2.45) is 5.92 Å². The molecule has 3 nitrogen and oxygen atoms in total. The molecule has 0 radical (unpaired) electrons. The number of nitrogens with one attached hydrogen (secondary N) is 2. The molecule has 1 unspecified atom stereocenters. The number of rotatable bonds is 4. The summed E-state index contributed by atoms with van der Waals surface area (Å²) in [7, 11) is 0. The van der Waals surface area contributed by atoms with Gasteiger partial charge in [-0.1, -0.05) is 32.0 Å². The number of hydrogen-bond donors (Lipinski definition) is 2. The van der Waals surface area contributed by atoms with Crippen LogP contribution < -0.4 is 10.6 Å². The van der Waals surface area contributed by atoms with E-state index in [2.05, 4.69) is 24.5 Å². The fourth-order valence-corrected chi connectivity index (χ4v) is 2.16. The van der Waals surface area contributed by atoms with E-state index >= 15 is 0 Å². The topological polar surface area (TPSA) is 41.1 Å². The van der Waals surface area contributed by atoms with E-state index in [1.807, 2.05) is 25.1 Å². The summed E-state index contributed by atoms with van der Waals surface area (Å²) in [5.41, 5.74) is 3.20. The molecule has 17 heavy (non-hydrogen) atoms. The minimum atomic E-state index is -0.177. The van der Waals surface area contributed by atoms with E-state index in [1.54, 1.807) is 0 Å². The first kappa shape index (κ1) is 12.1. The highest BCUT2D eigenvalue weighted by Crippen LogP contribution is 2.33. The number of fused-ring (bicyclic) bond motifs is 1. The van der Waals surface area contributed by atoms with E-state index in [9.17, 15) is 4.79 Å². The molecule has 1 atom stereocenters. The van der Waals surface area contributed by atoms with Crippen molar-refractivity contribution in [3.05, 3.63) is 29.3 Å². The Hall–Kier alpha value is -1.35. The molecule has 2 N–H and O–H groups in total. The molecule has 1 heterocycles. The van der Waals surface area contributed by atoms with Crippen LogP contribution in [0.15, 0.2) is 18.2 Å². The second-order valence-electron chi connectivity index (χ2n) is 5.10. The van der Waals surface area contributed by atoms with Gasteiger partial charge in [-0.05, 0) is 31.4 Å². The van der Waals surface area contributed by atoms with Crippen molar-refractivity contribution < 1.29 is 4.79 Å². The van der Waals surface area contributed by atoms with Gasteiger partial charge in [-0.25, -0.2) is 0 Å². The molecule has 1 amide bonds. The Morgan fingerprint density at radius 3 is 2.88 bits per heavy atom. The number of carbonyl (C=O) groups excluding carboxylic acids is 1. The molecule has 0 fully saturated rings. The Balaban J connectivity index is 2.10. The largest absolute Gasteiger partial charge is 0.324 e. The summed E-state index contributed by atoms with van der Waals surface area (Å²) in [5.74, 6) is 0.724. The normalized spacial score (nSPS) is 18.4. The maximum atomic E-state index is 11.9. The van der Waals surface area contributed by atoms with Crippen LogP contribution in [0.3, 0.4) is 0 Å². The summed E-state index contributed by atoms with van der Waals surface area (Å²) in [5, 5.41) is 6.29. The number of amides is 1. The zero-order valence-corrected chi connectivity index (χ0v) is 10.7. The molecule has 2 rings (SSSR count). The fraction of sp³-hybridized carbons (Fsp3) is 0.500. The number of hydrogen-bond acceptors (Lipinski definition) is 2. The summed E-state index contributed by atoms with van der Waals surface area (Å²) in [4.78, 5) is 11.9. The standard InChI is InChI=1S/C14H20N2O/c1-9(2)7-8-15-13-11-6-4-5-10(3)12(11)16-14(13)17/h4-6,9,13,15H,7-8H2,1-3H3,(H,16,17). The first-order valence-electron chi connectivity index (χ1n) is 6.23. The van der Waals surface area contributed by atoms with Gasteiger partial charge in [0.2, 0.25) is 5.91 Å². The lowest BCUT2D eigenvalue weighted by molar-refractivity contribution is -0.117. The SMILES string of the molecule is Cc1cccc2c1NC(=O)C2NCCC(C)C. The van der Waals surface area contributed by atoms with Gasteiger partial charge in [-0.2, -0.15) is 0 Å². The molecule has 1 aromatic carbocycles. The molecule has 0 aliphatic carbocycles. The van der Waals surface area contributed by atoms with Crippen molar-refractivity contribution in [2.75, 3.05) is 11.9 Å². The molecule has 0 spiro atoms. The summed E-state index contributed by atoms with van der Waals surface area (Å²) < 4.78 is 0. The Bertz CT molecular complexity index is 426. The number of para-hydroxylation sites is 1. The van der Waals surface area contributed by atoms with E-state index in [-0.39, 0.29) is 11.9 Å². The summed E-state index contributed by atoms with van der Waals surface area (Å²) in [6, 6.07) is 5.87. The van der Waals surface area contributed by atoms with Crippen LogP contribution in [0.25, 0.3) is 0 Å². The smallest absolute Gasteiger partial charge is 0.246 e. The lowest BCUT2D eigenvalue weighted by Gasteiger charge is -2.12. The zero-order chi connectivity index (χ0) is 12.4. The second kappa shape index (κ2) is 4.88. The van der Waals surface area contributed by atoms with Gasteiger partial charge in [-0.15, -0.1) is 0 Å². The molecule has 1 aliphatic heterocycles. The summed E-state index contributed by atoms with van der Waals surface area (Å²) >= 11 is 0. The van der Waals surface area contributed by atoms with Gasteiger partial charge < -0.3 is 10.6 Å². The summed E-state index contributed by atoms with van der Waals surface area (Å²) in [6.45, 7) is 7.28. The second-order valence-corrected chi connectivity index (χ2v) is 5.10. The molecule has 1 aromatic rings. The van der Waals surface area contributed by atoms with Crippen molar-refractivity contribution in [1.82, 2.24) is 5.32 Å². The van der Waals surface area contributed by atoms with Crippen LogP contribution in [0.4, 0.5) is 5.69 Å². The van der Waals surface area contributed by atoms with Crippen molar-refractivity contribution in [1.29, 1.82) is 0 Å². The number of aryl methyl sites for hydroxylation is 1. The molecule has 0 saturated heterocycles. The van der Waals surface area contributed by atoms with Crippen LogP contribution in [0.1, 0.15) is 37.4 Å². The van der Waals surface area contributed by atoms with Gasteiger partial charge in [0.15, 0.2) is 0 Å². The van der Waals surface area contributed by atoms with Crippen LogP contribution in [0.5, 0.6) is 0 Å². The van der Waals surface area contributed by atoms with Crippen LogP contribution in [-0.4, -0.2) is 12.5 Å². The molecule has 0 aromatic heterocycles. The highest BCUT2D eigenvalue weighted by molar-refractivity contribution is 6.03. The van der Waals surface area contributed by atoms with Crippen molar-refractivity contribution >= 4 is 11.6 Å². The van der Waals surface area contributed by atoms with Crippen LogP contribution in [0, 0.1) is 12.8 Å². The predicted octanol–water partition coefficient (Wildman–Crippen LogP) is 2.62. The lowest BCUT2D eigenvalue weighted by Crippen LogP contribution is -2.28. The highest BCUT2D eigenvalue weighted by Gasteiger charge is 2.30. The number of anilines is 1. The first-order valence-corrected chi connectivity index (χ1v) is 6.23. The average Bonchev–Trinajstić information content (AvgIpc) is 2.57. The summed E-state index contributed by atoms with van der Waals surface area (Å²) in [6.07, 6.45) is 1.09. The Labute approximate surface area is 103 Å². The highest BCUT2D eigenvalue weighted by atomic mass is 16.2. The molecule has 0 saturated carbocycles. The van der Waals surface area contributed by atoms with E-state index in [0.29, 0.717) is 5.92 Å². The maximum absolute atomic E-state index is 11.9. The van der Waals surface area contributed by atoms with Crippen molar-refractivity contribution in [3.63, 3.8) is 0 Å². The molecule has 0 bridgehead atoms. The van der Waals surface area contributed by atoms with Gasteiger partial charge in [0.1, 0.15) is 6.04 Å². The third kappa shape index (κ3) is 2.50. The van der Waals surface area contributed by atoms with Gasteiger partial charge >= 0.3 is 0 Å². The zero-order valence-electron chi connectivity index (χ0n) is 10.7. The minimum absolute atomic E-state index is 0.0676. The first-order chi connectivity index (χ1) is 8.09. The number of benzene rings is 1. The van der Waals surface area contributed by atoms with Gasteiger partial charge in [0.05, 0.1) is 0 Å². The molecule has 1 aliphatic rings. The van der Waals surface area contributed by atoms with Crippen LogP contribution in [0.2, 0.25) is 0 Å². The Morgan fingerprint density at radius 1 is 1.41 bits per heavy atom. The van der Waals surface area contributed by atoms with Crippen LogP contribution in [-0.2, 0) is 4.79 Å². The minimum Gasteiger partial charge on any atom is -0.324 e. The Kier molecular flexibility index (Phi) is 3.48.